The summed E-state index contributed by atoms with van der Waals surface area (Å²) >= 11 is 0. The normalized spacial score (nSPS) is 14.1. The van der Waals surface area contributed by atoms with E-state index in [1.807, 2.05) is 42.5 Å². The third-order valence-corrected chi connectivity index (χ3v) is 8.99. The average Bonchev–Trinajstić information content (AvgIpc) is 3.67. The Hall–Kier alpha value is -5.91. The van der Waals surface area contributed by atoms with Gasteiger partial charge < -0.3 is 35.8 Å². The molecule has 270 valence electrons. The third-order valence-electron chi connectivity index (χ3n) is 8.99. The molecule has 0 aliphatic heterocycles. The maximum absolute atomic E-state index is 13.9. The highest BCUT2D eigenvalue weighted by molar-refractivity contribution is 6.15. The van der Waals surface area contributed by atoms with Crippen LogP contribution in [0.25, 0.3) is 49.9 Å². The second-order valence-corrected chi connectivity index (χ2v) is 14.1. The molecule has 11 nitrogen and oxygen atoms in total. The van der Waals surface area contributed by atoms with E-state index in [-0.39, 0.29) is 5.82 Å². The van der Waals surface area contributed by atoms with E-state index in [1.54, 1.807) is 26.8 Å². The molecule has 0 radical (unpaired) electrons. The number of H-pyrrole nitrogens is 1. The van der Waals surface area contributed by atoms with Gasteiger partial charge in [0.1, 0.15) is 23.3 Å². The minimum absolute atomic E-state index is 0.301. The summed E-state index contributed by atoms with van der Waals surface area (Å²) in [7, 11) is 0. The number of benzene rings is 4. The van der Waals surface area contributed by atoms with Crippen molar-refractivity contribution in [1.29, 1.82) is 0 Å². The van der Waals surface area contributed by atoms with Crippen LogP contribution in [-0.2, 0) is 9.53 Å². The number of nitrogens with one attached hydrogen (secondary N) is 3. The maximum atomic E-state index is 13.9. The molecule has 2 amide bonds. The number of ether oxygens (including phenoxy) is 1. The fourth-order valence-corrected chi connectivity index (χ4v) is 6.62. The SMILES string of the molecule is CC(NC(=O)OC(C)(C)C)C(=O)O.NC(=O)c1ccc(-n2c3ccccc3c3c(-c4nc5ccc(F)cc5[nH]4)cccc32)cc1NC1CCCCC1. The van der Waals surface area contributed by atoms with Crippen molar-refractivity contribution in [3.8, 4) is 17.1 Å². The number of carboxylic acids is 1. The number of nitrogens with two attached hydrogens (primary N) is 1. The summed E-state index contributed by atoms with van der Waals surface area (Å²) in [5.74, 6) is -1.14. The van der Waals surface area contributed by atoms with Gasteiger partial charge in [0.05, 0.1) is 27.6 Å². The Labute approximate surface area is 300 Å². The number of hydrogen-bond donors (Lipinski definition) is 5. The van der Waals surface area contributed by atoms with Gasteiger partial charge in [-0.05, 0) is 89.1 Å². The number of fused-ring (bicyclic) bond motifs is 4. The summed E-state index contributed by atoms with van der Waals surface area (Å²) in [5, 5.41) is 16.4. The predicted octanol–water partition coefficient (Wildman–Crippen LogP) is 8.29. The lowest BCUT2D eigenvalue weighted by Crippen LogP contribution is -2.41. The maximum Gasteiger partial charge on any atom is 0.408 e. The lowest BCUT2D eigenvalue weighted by atomic mass is 9.95. The van der Waals surface area contributed by atoms with Gasteiger partial charge >= 0.3 is 12.1 Å². The van der Waals surface area contributed by atoms with Gasteiger partial charge in [-0.3, -0.25) is 9.59 Å². The summed E-state index contributed by atoms with van der Waals surface area (Å²) in [6.45, 7) is 6.49. The number of carbonyl (C=O) groups is 3. The van der Waals surface area contributed by atoms with Crippen LogP contribution in [0.3, 0.4) is 0 Å². The molecule has 1 fully saturated rings. The Morgan fingerprint density at radius 2 is 1.71 bits per heavy atom. The number of para-hydroxylation sites is 1. The second-order valence-electron chi connectivity index (χ2n) is 14.1. The number of imidazole rings is 1. The largest absolute Gasteiger partial charge is 0.480 e. The Morgan fingerprint density at radius 3 is 2.42 bits per heavy atom. The van der Waals surface area contributed by atoms with Crippen LogP contribution in [0.15, 0.2) is 78.9 Å². The first kappa shape index (κ1) is 35.9. The second kappa shape index (κ2) is 14.7. The number of amides is 2. The van der Waals surface area contributed by atoms with Gasteiger partial charge in [0.2, 0.25) is 0 Å². The van der Waals surface area contributed by atoms with Crippen LogP contribution in [0.4, 0.5) is 14.9 Å². The Balaban J connectivity index is 0.000000307. The van der Waals surface area contributed by atoms with E-state index in [4.69, 9.17) is 20.6 Å². The highest BCUT2D eigenvalue weighted by Crippen LogP contribution is 2.39. The molecule has 1 atom stereocenters. The smallest absolute Gasteiger partial charge is 0.408 e. The van der Waals surface area contributed by atoms with Gasteiger partial charge in [-0.2, -0.15) is 0 Å². The summed E-state index contributed by atoms with van der Waals surface area (Å²) in [4.78, 5) is 41.7. The number of hydrogen-bond acceptors (Lipinski definition) is 6. The van der Waals surface area contributed by atoms with E-state index in [1.165, 1.54) is 38.3 Å². The molecule has 6 N–H and O–H groups in total. The molecular formula is C40H43FN6O5. The zero-order valence-electron chi connectivity index (χ0n) is 29.6. The van der Waals surface area contributed by atoms with Crippen LogP contribution < -0.4 is 16.4 Å². The molecular weight excluding hydrogens is 663 g/mol. The molecule has 2 aromatic heterocycles. The topological polar surface area (TPSA) is 164 Å². The first-order valence-electron chi connectivity index (χ1n) is 17.4. The van der Waals surface area contributed by atoms with Crippen molar-refractivity contribution in [2.45, 2.75) is 77.5 Å². The summed E-state index contributed by atoms with van der Waals surface area (Å²) in [6.07, 6.45) is 5.08. The predicted molar refractivity (Wildman–Crippen MR) is 201 cm³/mol. The Bertz CT molecular complexity index is 2280. The molecule has 0 saturated heterocycles. The van der Waals surface area contributed by atoms with Crippen LogP contribution >= 0.6 is 0 Å². The van der Waals surface area contributed by atoms with Crippen molar-refractivity contribution in [2.75, 3.05) is 5.32 Å². The van der Waals surface area contributed by atoms with E-state index in [9.17, 15) is 18.8 Å². The van der Waals surface area contributed by atoms with E-state index < -0.39 is 29.6 Å². The van der Waals surface area contributed by atoms with Gasteiger partial charge in [0, 0.05) is 33.8 Å². The molecule has 1 aliphatic rings. The zero-order chi connectivity index (χ0) is 37.2. The number of rotatable bonds is 7. The highest BCUT2D eigenvalue weighted by atomic mass is 19.1. The molecule has 6 aromatic rings. The summed E-state index contributed by atoms with van der Waals surface area (Å²) < 4.78 is 20.9. The molecule has 1 unspecified atom stereocenters. The fourth-order valence-electron chi connectivity index (χ4n) is 6.62. The first-order valence-corrected chi connectivity index (χ1v) is 17.4. The van der Waals surface area contributed by atoms with Crippen LogP contribution in [0.2, 0.25) is 0 Å². The molecule has 12 heteroatoms. The lowest BCUT2D eigenvalue weighted by Gasteiger charge is -2.25. The Kier molecular flexibility index (Phi) is 10.2. The van der Waals surface area contributed by atoms with Crippen molar-refractivity contribution in [2.24, 2.45) is 5.73 Å². The lowest BCUT2D eigenvalue weighted by molar-refractivity contribution is -0.139. The van der Waals surface area contributed by atoms with E-state index in [0.717, 1.165) is 51.6 Å². The minimum atomic E-state index is -1.09. The number of aliphatic carboxylic acids is 1. The number of aromatic amines is 1. The summed E-state index contributed by atoms with van der Waals surface area (Å²) in [6, 6.07) is 24.2. The standard InChI is InChI=1S/C32H28FN5O.C8H15NO4/c33-19-13-16-25-27(17-19)37-32(36-25)24-10-6-12-29-30(24)23-9-4-5-11-28(23)38(29)21-14-15-22(31(34)39)26(18-21)35-20-7-2-1-3-8-20;1-5(6(10)11)9-7(12)13-8(2,3)4/h4-6,9-18,20,35H,1-3,7-8H2,(H2,34,39)(H,36,37);5H,1-4H3,(H,9,12)(H,10,11). The van der Waals surface area contributed by atoms with E-state index in [2.05, 4.69) is 38.4 Å². The zero-order valence-corrected chi connectivity index (χ0v) is 29.6. The molecule has 0 bridgehead atoms. The fraction of sp³-hybridized carbons (Fsp3) is 0.300. The number of nitrogens with zero attached hydrogens (tertiary/aromatic N) is 2. The van der Waals surface area contributed by atoms with Crippen molar-refractivity contribution >= 4 is 56.5 Å². The van der Waals surface area contributed by atoms with Gasteiger partial charge in [-0.25, -0.2) is 14.2 Å². The highest BCUT2D eigenvalue weighted by Gasteiger charge is 2.22. The van der Waals surface area contributed by atoms with Gasteiger partial charge in [-0.15, -0.1) is 0 Å². The Morgan fingerprint density at radius 1 is 0.981 bits per heavy atom. The average molecular weight is 707 g/mol. The monoisotopic (exact) mass is 706 g/mol. The molecule has 52 heavy (non-hydrogen) atoms. The molecule has 2 heterocycles. The van der Waals surface area contributed by atoms with Crippen LogP contribution in [0, 0.1) is 5.82 Å². The number of halogens is 1. The van der Waals surface area contributed by atoms with Gasteiger partial charge in [0.25, 0.3) is 5.91 Å². The first-order chi connectivity index (χ1) is 24.8. The van der Waals surface area contributed by atoms with Gasteiger partial charge in [-0.1, -0.05) is 49.6 Å². The molecule has 0 spiro atoms. The van der Waals surface area contributed by atoms with Gasteiger partial charge in [0.15, 0.2) is 0 Å². The van der Waals surface area contributed by atoms with Crippen molar-refractivity contribution in [3.05, 3.63) is 90.2 Å². The van der Waals surface area contributed by atoms with Crippen LogP contribution in [0.1, 0.15) is 70.2 Å². The number of carbonyl (C=O) groups excluding carboxylic acids is 2. The van der Waals surface area contributed by atoms with Crippen LogP contribution in [-0.4, -0.2) is 55.3 Å². The quantitative estimate of drug-likeness (QED) is 0.111. The molecule has 1 saturated carbocycles. The van der Waals surface area contributed by atoms with E-state index in [0.29, 0.717) is 28.5 Å². The number of aromatic nitrogens is 3. The van der Waals surface area contributed by atoms with Crippen molar-refractivity contribution < 1.29 is 28.6 Å². The summed E-state index contributed by atoms with van der Waals surface area (Å²) in [5.41, 5.74) is 11.7. The third kappa shape index (κ3) is 7.85. The molecule has 4 aromatic carbocycles. The number of carboxylic acid groups (broad SMARTS) is 1. The van der Waals surface area contributed by atoms with Crippen molar-refractivity contribution in [3.63, 3.8) is 0 Å². The number of anilines is 1. The minimum Gasteiger partial charge on any atom is -0.480 e. The van der Waals surface area contributed by atoms with E-state index >= 15 is 0 Å². The number of primary amides is 1. The van der Waals surface area contributed by atoms with Crippen molar-refractivity contribution in [1.82, 2.24) is 19.9 Å². The molecule has 7 rings (SSSR count). The molecule has 1 aliphatic carbocycles. The van der Waals surface area contributed by atoms with Crippen LogP contribution in [0.5, 0.6) is 0 Å². The number of alkyl carbamates (subject to hydrolysis) is 1.